The number of benzene rings is 2. The normalized spacial score (nSPS) is 10.0. The third-order valence-electron chi connectivity index (χ3n) is 3.77. The summed E-state index contributed by atoms with van der Waals surface area (Å²) in [5.41, 5.74) is 1.97. The third kappa shape index (κ3) is 6.05. The number of nitrogens with one attached hydrogen (secondary N) is 2. The number of hydrogen-bond donors (Lipinski definition) is 2. The van der Waals surface area contributed by atoms with Crippen LogP contribution in [0.5, 0.6) is 0 Å². The predicted octanol–water partition coefficient (Wildman–Crippen LogP) is 2.30. The molecule has 0 aliphatic heterocycles. The van der Waals surface area contributed by atoms with E-state index >= 15 is 0 Å². The zero-order chi connectivity index (χ0) is 18.8. The Bertz CT molecular complexity index is 742. The average Bonchev–Trinajstić information content (AvgIpc) is 2.70. The van der Waals surface area contributed by atoms with Gasteiger partial charge in [-0.15, -0.1) is 0 Å². The molecule has 6 nitrogen and oxygen atoms in total. The van der Waals surface area contributed by atoms with Gasteiger partial charge in [0.05, 0.1) is 12.7 Å². The minimum Gasteiger partial charge on any atom is -0.465 e. The second kappa shape index (κ2) is 9.98. The first-order chi connectivity index (χ1) is 12.6. The maximum absolute atomic E-state index is 11.9. The molecular formula is C20H22N2O4. The molecule has 2 aromatic rings. The lowest BCUT2D eigenvalue weighted by Crippen LogP contribution is -2.27. The molecule has 0 spiro atoms. The summed E-state index contributed by atoms with van der Waals surface area (Å²) in [6.45, 7) is 0.825. The lowest BCUT2D eigenvalue weighted by Gasteiger charge is -2.07. The summed E-state index contributed by atoms with van der Waals surface area (Å²) < 4.78 is 4.64. The Morgan fingerprint density at radius 2 is 1.58 bits per heavy atom. The number of ether oxygens (including phenoxy) is 1. The van der Waals surface area contributed by atoms with Crippen molar-refractivity contribution in [2.45, 2.75) is 19.4 Å². The Morgan fingerprint density at radius 1 is 0.885 bits per heavy atom. The molecule has 0 aliphatic rings. The Hall–Kier alpha value is -3.15. The van der Waals surface area contributed by atoms with Crippen molar-refractivity contribution < 1.29 is 19.1 Å². The lowest BCUT2D eigenvalue weighted by atomic mass is 10.1. The fraction of sp³-hybridized carbons (Fsp3) is 0.250. The van der Waals surface area contributed by atoms with E-state index in [0.29, 0.717) is 37.1 Å². The van der Waals surface area contributed by atoms with Crippen LogP contribution in [0.1, 0.15) is 39.1 Å². The van der Waals surface area contributed by atoms with Crippen LogP contribution in [0.2, 0.25) is 0 Å². The van der Waals surface area contributed by atoms with Crippen LogP contribution in [-0.4, -0.2) is 31.4 Å². The molecule has 0 radical (unpaired) electrons. The van der Waals surface area contributed by atoms with Crippen molar-refractivity contribution in [3.8, 4) is 0 Å². The van der Waals surface area contributed by atoms with Gasteiger partial charge in [-0.1, -0.05) is 30.3 Å². The maximum Gasteiger partial charge on any atom is 0.337 e. The summed E-state index contributed by atoms with van der Waals surface area (Å²) in [6, 6.07) is 15.8. The van der Waals surface area contributed by atoms with Gasteiger partial charge in [0.15, 0.2) is 0 Å². The van der Waals surface area contributed by atoms with Crippen molar-refractivity contribution >= 4 is 17.8 Å². The van der Waals surface area contributed by atoms with E-state index in [0.717, 1.165) is 5.56 Å². The van der Waals surface area contributed by atoms with Crippen LogP contribution in [0.4, 0.5) is 0 Å². The molecule has 6 heteroatoms. The molecule has 0 atom stereocenters. The van der Waals surface area contributed by atoms with Gasteiger partial charge in [-0.3, -0.25) is 9.59 Å². The number of carbonyl (C=O) groups excluding carboxylic acids is 3. The van der Waals surface area contributed by atoms with Gasteiger partial charge in [0, 0.05) is 25.1 Å². The maximum atomic E-state index is 11.9. The first kappa shape index (κ1) is 19.2. The Kier molecular flexibility index (Phi) is 7.36. The molecular weight excluding hydrogens is 332 g/mol. The van der Waals surface area contributed by atoms with Crippen LogP contribution in [0.15, 0.2) is 54.6 Å². The number of amides is 2. The highest BCUT2D eigenvalue weighted by Gasteiger charge is 2.06. The molecule has 0 heterocycles. The summed E-state index contributed by atoms with van der Waals surface area (Å²) in [5.74, 6) is -0.620. The molecule has 0 unspecified atom stereocenters. The number of hydrogen-bond acceptors (Lipinski definition) is 4. The van der Waals surface area contributed by atoms with Crippen molar-refractivity contribution in [3.05, 3.63) is 71.3 Å². The van der Waals surface area contributed by atoms with Crippen molar-refractivity contribution in [1.29, 1.82) is 0 Å². The van der Waals surface area contributed by atoms with E-state index in [4.69, 9.17) is 0 Å². The predicted molar refractivity (Wildman–Crippen MR) is 97.6 cm³/mol. The van der Waals surface area contributed by atoms with Gasteiger partial charge in [0.1, 0.15) is 0 Å². The monoisotopic (exact) mass is 354 g/mol. The van der Waals surface area contributed by atoms with Gasteiger partial charge in [0.25, 0.3) is 5.91 Å². The third-order valence-corrected chi connectivity index (χ3v) is 3.77. The number of carbonyl (C=O) groups is 3. The van der Waals surface area contributed by atoms with E-state index in [2.05, 4.69) is 15.4 Å². The number of rotatable bonds is 8. The first-order valence-corrected chi connectivity index (χ1v) is 8.37. The smallest absolute Gasteiger partial charge is 0.337 e. The molecule has 0 saturated carbocycles. The summed E-state index contributed by atoms with van der Waals surface area (Å²) in [4.78, 5) is 35.1. The molecule has 2 rings (SSSR count). The molecule has 0 fully saturated rings. The molecule has 0 bridgehead atoms. The summed E-state index contributed by atoms with van der Waals surface area (Å²) in [7, 11) is 1.33. The molecule has 136 valence electrons. The van der Waals surface area contributed by atoms with E-state index in [1.54, 1.807) is 48.5 Å². The second-order valence-corrected chi connectivity index (χ2v) is 5.69. The first-order valence-electron chi connectivity index (χ1n) is 8.37. The van der Waals surface area contributed by atoms with Crippen LogP contribution < -0.4 is 10.6 Å². The van der Waals surface area contributed by atoms with Crippen LogP contribution in [-0.2, 0) is 16.1 Å². The van der Waals surface area contributed by atoms with E-state index < -0.39 is 5.97 Å². The van der Waals surface area contributed by atoms with Gasteiger partial charge < -0.3 is 15.4 Å². The molecule has 0 aliphatic carbocycles. The van der Waals surface area contributed by atoms with Gasteiger partial charge in [-0.05, 0) is 36.2 Å². The Morgan fingerprint density at radius 3 is 2.23 bits per heavy atom. The quantitative estimate of drug-likeness (QED) is 0.563. The lowest BCUT2D eigenvalue weighted by molar-refractivity contribution is -0.121. The van der Waals surface area contributed by atoms with Gasteiger partial charge in [-0.25, -0.2) is 4.79 Å². The van der Waals surface area contributed by atoms with E-state index in [-0.39, 0.29) is 11.8 Å². The van der Waals surface area contributed by atoms with Crippen molar-refractivity contribution in [3.63, 3.8) is 0 Å². The van der Waals surface area contributed by atoms with Gasteiger partial charge in [0.2, 0.25) is 5.91 Å². The molecule has 26 heavy (non-hydrogen) atoms. The molecule has 0 saturated heterocycles. The van der Waals surface area contributed by atoms with Crippen molar-refractivity contribution in [1.82, 2.24) is 10.6 Å². The topological polar surface area (TPSA) is 84.5 Å². The van der Waals surface area contributed by atoms with Gasteiger partial charge in [-0.2, -0.15) is 0 Å². The Balaban J connectivity index is 1.64. The minimum absolute atomic E-state index is 0.0870. The van der Waals surface area contributed by atoms with E-state index in [1.807, 2.05) is 6.07 Å². The molecule has 2 N–H and O–H groups in total. The van der Waals surface area contributed by atoms with Crippen LogP contribution in [0.3, 0.4) is 0 Å². The highest BCUT2D eigenvalue weighted by atomic mass is 16.5. The fourth-order valence-corrected chi connectivity index (χ4v) is 2.31. The zero-order valence-electron chi connectivity index (χ0n) is 14.7. The SMILES string of the molecule is COC(=O)c1ccc(CNC(=O)CCCNC(=O)c2ccccc2)cc1. The van der Waals surface area contributed by atoms with Crippen LogP contribution >= 0.6 is 0 Å². The summed E-state index contributed by atoms with van der Waals surface area (Å²) in [6.07, 6.45) is 0.890. The molecule has 2 amide bonds. The van der Waals surface area contributed by atoms with Crippen molar-refractivity contribution in [2.75, 3.05) is 13.7 Å². The minimum atomic E-state index is -0.391. The summed E-state index contributed by atoms with van der Waals surface area (Å²) in [5, 5.41) is 5.60. The Labute approximate surface area is 152 Å². The second-order valence-electron chi connectivity index (χ2n) is 5.69. The van der Waals surface area contributed by atoms with Crippen LogP contribution in [0.25, 0.3) is 0 Å². The standard InChI is InChI=1S/C20H22N2O4/c1-26-20(25)17-11-9-15(10-12-17)14-22-18(23)8-5-13-21-19(24)16-6-3-2-4-7-16/h2-4,6-7,9-12H,5,8,13-14H2,1H3,(H,21,24)(H,22,23). The van der Waals surface area contributed by atoms with Crippen molar-refractivity contribution in [2.24, 2.45) is 0 Å². The fourth-order valence-electron chi connectivity index (χ4n) is 2.31. The van der Waals surface area contributed by atoms with E-state index in [9.17, 15) is 14.4 Å². The highest BCUT2D eigenvalue weighted by Crippen LogP contribution is 2.06. The zero-order valence-corrected chi connectivity index (χ0v) is 14.7. The number of esters is 1. The molecule has 0 aromatic heterocycles. The summed E-state index contributed by atoms with van der Waals surface area (Å²) >= 11 is 0. The molecule has 2 aromatic carbocycles. The largest absolute Gasteiger partial charge is 0.465 e. The van der Waals surface area contributed by atoms with Crippen LogP contribution in [0, 0.1) is 0 Å². The average molecular weight is 354 g/mol. The number of methoxy groups -OCH3 is 1. The van der Waals surface area contributed by atoms with E-state index in [1.165, 1.54) is 7.11 Å². The highest BCUT2D eigenvalue weighted by molar-refractivity contribution is 5.94. The van der Waals surface area contributed by atoms with Gasteiger partial charge >= 0.3 is 5.97 Å².